The molecule has 3 rings (SSSR count). The van der Waals surface area contributed by atoms with Crippen LogP contribution >= 0.6 is 11.6 Å². The zero-order valence-corrected chi connectivity index (χ0v) is 11.6. The van der Waals surface area contributed by atoms with Gasteiger partial charge in [-0.15, -0.1) is 0 Å². The highest BCUT2D eigenvalue weighted by molar-refractivity contribution is 6.31. The third-order valence-corrected chi connectivity index (χ3v) is 3.18. The number of para-hydroxylation sites is 1. The Morgan fingerprint density at radius 1 is 1.05 bits per heavy atom. The number of hydrogen-bond acceptors (Lipinski definition) is 3. The first-order valence-corrected chi connectivity index (χ1v) is 6.61. The first-order valence-electron chi connectivity index (χ1n) is 6.23. The van der Waals surface area contributed by atoms with E-state index >= 15 is 0 Å². The minimum absolute atomic E-state index is 0.0429. The van der Waals surface area contributed by atoms with Crippen molar-refractivity contribution >= 4 is 34.2 Å². The Bertz CT molecular complexity index is 872. The van der Waals surface area contributed by atoms with E-state index < -0.39 is 5.91 Å². The minimum atomic E-state index is -0.477. The van der Waals surface area contributed by atoms with E-state index in [0.717, 1.165) is 6.07 Å². The summed E-state index contributed by atoms with van der Waals surface area (Å²) in [5.74, 6) is -0.520. The lowest BCUT2D eigenvalue weighted by Crippen LogP contribution is -2.14. The van der Waals surface area contributed by atoms with Crippen LogP contribution in [0.2, 0.25) is 5.02 Å². The zero-order chi connectivity index (χ0) is 14.8. The van der Waals surface area contributed by atoms with Crippen LogP contribution in [0.3, 0.4) is 0 Å². The molecule has 0 aliphatic rings. The highest BCUT2D eigenvalue weighted by Gasteiger charge is 2.12. The fraction of sp³-hybridized carbons (Fsp3) is 0. The van der Waals surface area contributed by atoms with Gasteiger partial charge < -0.3 is 9.73 Å². The summed E-state index contributed by atoms with van der Waals surface area (Å²) in [6.07, 6.45) is 0. The second-order valence-electron chi connectivity index (χ2n) is 4.44. The van der Waals surface area contributed by atoms with E-state index in [2.05, 4.69) is 5.32 Å². The van der Waals surface area contributed by atoms with E-state index in [1.807, 2.05) is 6.07 Å². The zero-order valence-electron chi connectivity index (χ0n) is 10.8. The fourth-order valence-electron chi connectivity index (χ4n) is 1.95. The molecule has 1 N–H and O–H groups in total. The van der Waals surface area contributed by atoms with Crippen molar-refractivity contribution < 1.29 is 9.21 Å². The molecule has 1 aromatic heterocycles. The van der Waals surface area contributed by atoms with Gasteiger partial charge in [0.2, 0.25) is 0 Å². The van der Waals surface area contributed by atoms with Crippen LogP contribution in [0.25, 0.3) is 11.0 Å². The monoisotopic (exact) mass is 299 g/mol. The molecule has 0 aliphatic carbocycles. The molecule has 21 heavy (non-hydrogen) atoms. The lowest BCUT2D eigenvalue weighted by atomic mass is 10.2. The summed E-state index contributed by atoms with van der Waals surface area (Å²) < 4.78 is 5.46. The van der Waals surface area contributed by atoms with Gasteiger partial charge in [0, 0.05) is 16.8 Å². The molecule has 4 nitrogen and oxygen atoms in total. The average molecular weight is 300 g/mol. The van der Waals surface area contributed by atoms with Gasteiger partial charge in [-0.25, -0.2) is 0 Å². The van der Waals surface area contributed by atoms with Crippen molar-refractivity contribution in [3.8, 4) is 0 Å². The molecule has 0 unspecified atom stereocenters. The fourth-order valence-corrected chi connectivity index (χ4v) is 2.13. The van der Waals surface area contributed by atoms with Crippen molar-refractivity contribution in [1.29, 1.82) is 0 Å². The van der Waals surface area contributed by atoms with E-state index in [1.165, 1.54) is 6.07 Å². The van der Waals surface area contributed by atoms with Crippen molar-refractivity contribution in [2.24, 2.45) is 0 Å². The molecular formula is C16H10ClNO3. The molecule has 3 aromatic rings. The first kappa shape index (κ1) is 13.4. The predicted octanol–water partition coefficient (Wildman–Crippen LogP) is 3.70. The molecule has 2 aromatic carbocycles. The van der Waals surface area contributed by atoms with Gasteiger partial charge in [-0.05, 0) is 30.3 Å². The summed E-state index contributed by atoms with van der Waals surface area (Å²) in [6, 6.07) is 14.8. The van der Waals surface area contributed by atoms with Gasteiger partial charge in [0.05, 0.1) is 5.39 Å². The summed E-state index contributed by atoms with van der Waals surface area (Å²) in [5.41, 5.74) is 0.642. The van der Waals surface area contributed by atoms with Crippen LogP contribution in [-0.2, 0) is 0 Å². The molecule has 5 heteroatoms. The molecule has 104 valence electrons. The maximum absolute atomic E-state index is 12.1. The van der Waals surface area contributed by atoms with Gasteiger partial charge in [-0.1, -0.05) is 29.8 Å². The summed E-state index contributed by atoms with van der Waals surface area (Å²) in [4.78, 5) is 24.1. The lowest BCUT2D eigenvalue weighted by molar-refractivity contribution is 0.0997. The van der Waals surface area contributed by atoms with Crippen LogP contribution in [0.5, 0.6) is 0 Å². The van der Waals surface area contributed by atoms with Gasteiger partial charge in [-0.2, -0.15) is 0 Å². The maximum atomic E-state index is 12.1. The maximum Gasteiger partial charge on any atom is 0.291 e. The molecule has 0 saturated heterocycles. The first-order chi connectivity index (χ1) is 10.1. The van der Waals surface area contributed by atoms with Crippen molar-refractivity contribution in [3.05, 3.63) is 75.6 Å². The predicted molar refractivity (Wildman–Crippen MR) is 81.9 cm³/mol. The number of benzene rings is 2. The van der Waals surface area contributed by atoms with Crippen molar-refractivity contribution in [2.45, 2.75) is 0 Å². The van der Waals surface area contributed by atoms with Gasteiger partial charge in [-0.3, -0.25) is 9.59 Å². The Morgan fingerprint density at radius 2 is 1.81 bits per heavy atom. The summed E-state index contributed by atoms with van der Waals surface area (Å²) in [6.45, 7) is 0. The van der Waals surface area contributed by atoms with E-state index in [-0.39, 0.29) is 11.2 Å². The number of fused-ring (bicyclic) bond motifs is 1. The Balaban J connectivity index is 1.99. The SMILES string of the molecule is O=C(Nc1ccccc1)c1cc(=O)c2cc(Cl)ccc2o1. The molecule has 0 fully saturated rings. The van der Waals surface area contributed by atoms with Crippen LogP contribution in [-0.4, -0.2) is 5.91 Å². The standard InChI is InChI=1S/C16H10ClNO3/c17-10-6-7-14-12(8-10)13(19)9-15(21-14)16(20)18-11-4-2-1-3-5-11/h1-9H,(H,18,20). The van der Waals surface area contributed by atoms with Gasteiger partial charge in [0.25, 0.3) is 5.91 Å². The van der Waals surface area contributed by atoms with E-state index in [9.17, 15) is 9.59 Å². The number of halogens is 1. The average Bonchev–Trinajstić information content (AvgIpc) is 2.49. The Hall–Kier alpha value is -2.59. The van der Waals surface area contributed by atoms with Crippen molar-refractivity contribution in [2.75, 3.05) is 5.32 Å². The Kier molecular flexibility index (Phi) is 3.46. The quantitative estimate of drug-likeness (QED) is 0.785. The van der Waals surface area contributed by atoms with Crippen LogP contribution in [0.1, 0.15) is 10.6 Å². The van der Waals surface area contributed by atoms with Crippen LogP contribution in [0, 0.1) is 0 Å². The third kappa shape index (κ3) is 2.80. The molecule has 0 atom stereocenters. The van der Waals surface area contributed by atoms with E-state index in [4.69, 9.17) is 16.0 Å². The number of nitrogens with one attached hydrogen (secondary N) is 1. The molecule has 0 radical (unpaired) electrons. The lowest BCUT2D eigenvalue weighted by Gasteiger charge is -2.05. The number of carbonyl (C=O) groups excluding carboxylic acids is 1. The van der Waals surface area contributed by atoms with Crippen LogP contribution in [0.15, 0.2) is 63.8 Å². The Morgan fingerprint density at radius 3 is 2.57 bits per heavy atom. The molecule has 0 spiro atoms. The smallest absolute Gasteiger partial charge is 0.291 e. The number of hydrogen-bond donors (Lipinski definition) is 1. The van der Waals surface area contributed by atoms with E-state index in [0.29, 0.717) is 21.7 Å². The van der Waals surface area contributed by atoms with Gasteiger partial charge >= 0.3 is 0 Å². The largest absolute Gasteiger partial charge is 0.451 e. The third-order valence-electron chi connectivity index (χ3n) is 2.94. The highest BCUT2D eigenvalue weighted by Crippen LogP contribution is 2.18. The van der Waals surface area contributed by atoms with Gasteiger partial charge in [0.15, 0.2) is 11.2 Å². The molecule has 0 saturated carbocycles. The molecular weight excluding hydrogens is 290 g/mol. The van der Waals surface area contributed by atoms with Crippen LogP contribution in [0.4, 0.5) is 5.69 Å². The number of rotatable bonds is 2. The van der Waals surface area contributed by atoms with Crippen LogP contribution < -0.4 is 10.7 Å². The minimum Gasteiger partial charge on any atom is -0.451 e. The van der Waals surface area contributed by atoms with E-state index in [1.54, 1.807) is 36.4 Å². The molecule has 1 amide bonds. The molecule has 0 bridgehead atoms. The summed E-state index contributed by atoms with van der Waals surface area (Å²) in [7, 11) is 0. The summed E-state index contributed by atoms with van der Waals surface area (Å²) in [5, 5.41) is 3.45. The highest BCUT2D eigenvalue weighted by atomic mass is 35.5. The van der Waals surface area contributed by atoms with Crippen molar-refractivity contribution in [3.63, 3.8) is 0 Å². The second-order valence-corrected chi connectivity index (χ2v) is 4.87. The number of anilines is 1. The normalized spacial score (nSPS) is 10.5. The van der Waals surface area contributed by atoms with Gasteiger partial charge in [0.1, 0.15) is 5.58 Å². The van der Waals surface area contributed by atoms with Crippen molar-refractivity contribution in [1.82, 2.24) is 0 Å². The second kappa shape index (κ2) is 5.42. The number of amides is 1. The Labute approximate surface area is 125 Å². The molecule has 1 heterocycles. The summed E-state index contributed by atoms with van der Waals surface area (Å²) >= 11 is 5.84. The number of carbonyl (C=O) groups is 1. The molecule has 0 aliphatic heterocycles. The topological polar surface area (TPSA) is 59.3 Å².